The number of anilines is 1. The maximum atomic E-state index is 12.5. The zero-order valence-corrected chi connectivity index (χ0v) is 12.3. The highest BCUT2D eigenvalue weighted by molar-refractivity contribution is 7.89. The van der Waals surface area contributed by atoms with Crippen LogP contribution in [0.15, 0.2) is 23.2 Å². The van der Waals surface area contributed by atoms with Crippen LogP contribution in [0.25, 0.3) is 0 Å². The molecule has 1 aromatic rings. The van der Waals surface area contributed by atoms with Crippen LogP contribution in [0.1, 0.15) is 6.92 Å². The molecule has 1 aliphatic rings. The van der Waals surface area contributed by atoms with Crippen molar-refractivity contribution in [1.29, 1.82) is 0 Å². The quantitative estimate of drug-likeness (QED) is 0.860. The lowest BCUT2D eigenvalue weighted by molar-refractivity contribution is 0.263. The molecule has 19 heavy (non-hydrogen) atoms. The predicted octanol–water partition coefficient (Wildman–Crippen LogP) is 0.234. The van der Waals surface area contributed by atoms with Crippen LogP contribution in [-0.4, -0.2) is 55.8 Å². The van der Waals surface area contributed by atoms with Gasteiger partial charge >= 0.3 is 0 Å². The first-order valence-corrected chi connectivity index (χ1v) is 7.64. The maximum Gasteiger partial charge on any atom is 0.244 e. The van der Waals surface area contributed by atoms with Crippen molar-refractivity contribution < 1.29 is 8.42 Å². The number of nitrogen functional groups attached to an aromatic ring is 1. The molecule has 1 fully saturated rings. The highest BCUT2D eigenvalue weighted by Gasteiger charge is 2.38. The van der Waals surface area contributed by atoms with Crippen LogP contribution in [0.2, 0.25) is 0 Å². The second-order valence-electron chi connectivity index (χ2n) is 5.25. The van der Waals surface area contributed by atoms with Crippen molar-refractivity contribution in [3.05, 3.63) is 18.3 Å². The Balaban J connectivity index is 2.24. The first kappa shape index (κ1) is 14.2. The third-order valence-electron chi connectivity index (χ3n) is 3.60. The molecule has 6 nitrogen and oxygen atoms in total. The van der Waals surface area contributed by atoms with Crippen LogP contribution >= 0.6 is 0 Å². The molecule has 0 radical (unpaired) electrons. The van der Waals surface area contributed by atoms with Gasteiger partial charge in [-0.25, -0.2) is 13.4 Å². The summed E-state index contributed by atoms with van der Waals surface area (Å²) in [5.74, 6) is 0.631. The molecule has 1 saturated heterocycles. The number of aromatic nitrogens is 1. The topological polar surface area (TPSA) is 79.5 Å². The third-order valence-corrected chi connectivity index (χ3v) is 5.41. The Morgan fingerprint density at radius 3 is 2.53 bits per heavy atom. The minimum Gasteiger partial charge on any atom is -0.384 e. The molecule has 7 heteroatoms. The number of hydrogen-bond acceptors (Lipinski definition) is 5. The molecule has 0 bridgehead atoms. The molecular weight excluding hydrogens is 264 g/mol. The van der Waals surface area contributed by atoms with Crippen LogP contribution in [0, 0.1) is 5.92 Å². The Hall–Kier alpha value is -1.18. The van der Waals surface area contributed by atoms with E-state index < -0.39 is 10.0 Å². The lowest BCUT2D eigenvalue weighted by Crippen LogP contribution is -2.35. The molecule has 1 aliphatic heterocycles. The van der Waals surface area contributed by atoms with E-state index in [2.05, 4.69) is 16.8 Å². The zero-order chi connectivity index (χ0) is 14.2. The number of nitrogens with two attached hydrogens (primary N) is 1. The van der Waals surface area contributed by atoms with Crippen molar-refractivity contribution in [2.75, 3.05) is 32.9 Å². The normalized spacial score (nSPS) is 25.1. The minimum absolute atomic E-state index is 0.202. The second-order valence-corrected chi connectivity index (χ2v) is 7.19. The average Bonchev–Trinajstić information content (AvgIpc) is 2.72. The fourth-order valence-electron chi connectivity index (χ4n) is 2.47. The van der Waals surface area contributed by atoms with Gasteiger partial charge in [-0.2, -0.15) is 4.31 Å². The summed E-state index contributed by atoms with van der Waals surface area (Å²) in [5, 5.41) is 0. The van der Waals surface area contributed by atoms with Gasteiger partial charge in [0.15, 0.2) is 0 Å². The molecule has 106 valence electrons. The third kappa shape index (κ3) is 2.72. The van der Waals surface area contributed by atoms with E-state index in [1.54, 1.807) is 0 Å². The summed E-state index contributed by atoms with van der Waals surface area (Å²) >= 11 is 0. The van der Waals surface area contributed by atoms with Crippen molar-refractivity contribution >= 4 is 15.8 Å². The fourth-order valence-corrected chi connectivity index (χ4v) is 3.97. The van der Waals surface area contributed by atoms with Crippen molar-refractivity contribution in [1.82, 2.24) is 14.2 Å². The summed E-state index contributed by atoms with van der Waals surface area (Å²) in [6.45, 7) is 3.12. The molecule has 2 N–H and O–H groups in total. The van der Waals surface area contributed by atoms with E-state index in [0.29, 0.717) is 24.8 Å². The van der Waals surface area contributed by atoms with Gasteiger partial charge in [-0.1, -0.05) is 6.92 Å². The van der Waals surface area contributed by atoms with E-state index in [4.69, 9.17) is 5.73 Å². The van der Waals surface area contributed by atoms with E-state index in [9.17, 15) is 8.42 Å². The van der Waals surface area contributed by atoms with E-state index in [1.165, 1.54) is 22.6 Å². The summed E-state index contributed by atoms with van der Waals surface area (Å²) in [5.41, 5.74) is 5.48. The minimum atomic E-state index is -3.47. The Morgan fingerprint density at radius 1 is 1.37 bits per heavy atom. The lowest BCUT2D eigenvalue weighted by atomic mass is 10.1. The fraction of sp³-hybridized carbons (Fsp3) is 0.583. The van der Waals surface area contributed by atoms with Gasteiger partial charge in [0.05, 0.1) is 0 Å². The molecule has 0 aliphatic carbocycles. The SMILES string of the molecule is CC1CN(S(=O)(=O)c2ccc(N)nc2)CC1N(C)C. The summed E-state index contributed by atoms with van der Waals surface area (Å²) < 4.78 is 26.5. The number of nitrogens with zero attached hydrogens (tertiary/aromatic N) is 3. The van der Waals surface area contributed by atoms with Crippen LogP contribution in [0.5, 0.6) is 0 Å². The van der Waals surface area contributed by atoms with Crippen molar-refractivity contribution in [2.24, 2.45) is 5.92 Å². The Bertz CT molecular complexity index is 541. The van der Waals surface area contributed by atoms with Gasteiger partial charge in [0.25, 0.3) is 0 Å². The number of pyridine rings is 1. The summed E-state index contributed by atoms with van der Waals surface area (Å²) in [6, 6.07) is 3.26. The summed E-state index contributed by atoms with van der Waals surface area (Å²) in [7, 11) is 0.482. The van der Waals surface area contributed by atoms with Crippen LogP contribution in [-0.2, 0) is 10.0 Å². The molecule has 0 spiro atoms. The molecule has 0 saturated carbocycles. The maximum absolute atomic E-state index is 12.5. The van der Waals surface area contributed by atoms with E-state index in [1.807, 2.05) is 14.1 Å². The first-order chi connectivity index (χ1) is 8.82. The Morgan fingerprint density at radius 2 is 2.05 bits per heavy atom. The smallest absolute Gasteiger partial charge is 0.244 e. The van der Waals surface area contributed by atoms with Gasteiger partial charge in [-0.3, -0.25) is 0 Å². The van der Waals surface area contributed by atoms with E-state index in [0.717, 1.165) is 0 Å². The Kier molecular flexibility index (Phi) is 3.80. The standard InChI is InChI=1S/C12H20N4O2S/c1-9-7-16(8-11(9)15(2)3)19(17,18)10-4-5-12(13)14-6-10/h4-6,9,11H,7-8H2,1-3H3,(H2,13,14). The van der Waals surface area contributed by atoms with Crippen molar-refractivity contribution in [3.63, 3.8) is 0 Å². The highest BCUT2D eigenvalue weighted by atomic mass is 32.2. The van der Waals surface area contributed by atoms with Gasteiger partial charge in [-0.15, -0.1) is 0 Å². The summed E-state index contributed by atoms with van der Waals surface area (Å²) in [4.78, 5) is 6.12. The molecule has 0 aromatic carbocycles. The monoisotopic (exact) mass is 284 g/mol. The molecule has 2 atom stereocenters. The molecular formula is C12H20N4O2S. The molecule has 1 aromatic heterocycles. The summed E-state index contributed by atoms with van der Waals surface area (Å²) in [6.07, 6.45) is 1.32. The lowest BCUT2D eigenvalue weighted by Gasteiger charge is -2.22. The highest BCUT2D eigenvalue weighted by Crippen LogP contribution is 2.26. The van der Waals surface area contributed by atoms with Gasteiger partial charge in [0, 0.05) is 25.3 Å². The van der Waals surface area contributed by atoms with E-state index >= 15 is 0 Å². The Labute approximate surface area is 114 Å². The molecule has 2 rings (SSSR count). The van der Waals surface area contributed by atoms with Crippen LogP contribution in [0.3, 0.4) is 0 Å². The average molecular weight is 284 g/mol. The zero-order valence-electron chi connectivity index (χ0n) is 11.4. The van der Waals surface area contributed by atoms with Crippen LogP contribution in [0.4, 0.5) is 5.82 Å². The van der Waals surface area contributed by atoms with Crippen molar-refractivity contribution in [3.8, 4) is 0 Å². The van der Waals surface area contributed by atoms with Gasteiger partial charge in [-0.05, 0) is 32.1 Å². The van der Waals surface area contributed by atoms with Gasteiger partial charge in [0.1, 0.15) is 10.7 Å². The number of sulfonamides is 1. The van der Waals surface area contributed by atoms with E-state index in [-0.39, 0.29) is 10.9 Å². The largest absolute Gasteiger partial charge is 0.384 e. The van der Waals surface area contributed by atoms with Crippen molar-refractivity contribution in [2.45, 2.75) is 17.9 Å². The first-order valence-electron chi connectivity index (χ1n) is 6.20. The van der Waals surface area contributed by atoms with Gasteiger partial charge in [0.2, 0.25) is 10.0 Å². The predicted molar refractivity (Wildman–Crippen MR) is 74.0 cm³/mol. The number of rotatable bonds is 3. The molecule has 2 heterocycles. The number of likely N-dealkylation sites (N-methyl/N-ethyl adjacent to an activating group) is 1. The molecule has 0 amide bonds. The van der Waals surface area contributed by atoms with Gasteiger partial charge < -0.3 is 10.6 Å². The second kappa shape index (κ2) is 5.07. The number of hydrogen-bond donors (Lipinski definition) is 1. The van der Waals surface area contributed by atoms with Crippen LogP contribution < -0.4 is 5.73 Å². The molecule has 2 unspecified atom stereocenters.